The standard InChI is InChI=1S/C17H15ClFN3O/c18-13-9-20-16-15(14(13)10-5-7-11(19)8-6-10)22(17(23)21-16)12-3-1-2-4-12/h5-9,12H,1-4H2,(H,20,21,23). The van der Waals surface area contributed by atoms with Crippen LogP contribution in [0.15, 0.2) is 35.3 Å². The summed E-state index contributed by atoms with van der Waals surface area (Å²) in [5.74, 6) is -0.308. The van der Waals surface area contributed by atoms with Gasteiger partial charge in [0.15, 0.2) is 5.65 Å². The number of hydrogen-bond acceptors (Lipinski definition) is 2. The number of benzene rings is 1. The Balaban J connectivity index is 2.04. The number of pyridine rings is 1. The Labute approximate surface area is 136 Å². The third-order valence-electron chi connectivity index (χ3n) is 4.51. The van der Waals surface area contributed by atoms with Crippen molar-refractivity contribution in [3.8, 4) is 11.1 Å². The normalized spacial score (nSPS) is 15.6. The lowest BCUT2D eigenvalue weighted by atomic mass is 10.1. The van der Waals surface area contributed by atoms with E-state index in [9.17, 15) is 9.18 Å². The van der Waals surface area contributed by atoms with Crippen LogP contribution in [0.2, 0.25) is 5.02 Å². The van der Waals surface area contributed by atoms with Gasteiger partial charge in [-0.2, -0.15) is 0 Å². The minimum absolute atomic E-state index is 0.162. The Hall–Kier alpha value is -2.14. The average molecular weight is 332 g/mol. The van der Waals surface area contributed by atoms with Crippen LogP contribution in [0.25, 0.3) is 22.3 Å². The van der Waals surface area contributed by atoms with E-state index in [0.717, 1.165) is 36.8 Å². The summed E-state index contributed by atoms with van der Waals surface area (Å²) in [4.78, 5) is 19.5. The first kappa shape index (κ1) is 14.5. The molecular weight excluding hydrogens is 317 g/mol. The summed E-state index contributed by atoms with van der Waals surface area (Å²) in [5.41, 5.74) is 2.56. The first-order valence-electron chi connectivity index (χ1n) is 7.70. The number of halogens is 2. The summed E-state index contributed by atoms with van der Waals surface area (Å²) in [6.45, 7) is 0. The van der Waals surface area contributed by atoms with Gasteiger partial charge < -0.3 is 0 Å². The number of fused-ring (bicyclic) bond motifs is 1. The zero-order chi connectivity index (χ0) is 16.0. The Morgan fingerprint density at radius 1 is 1.22 bits per heavy atom. The maximum Gasteiger partial charge on any atom is 0.327 e. The molecule has 1 aliphatic rings. The van der Waals surface area contributed by atoms with E-state index >= 15 is 0 Å². The fraction of sp³-hybridized carbons (Fsp3) is 0.294. The number of rotatable bonds is 2. The highest BCUT2D eigenvalue weighted by atomic mass is 35.5. The number of nitrogens with one attached hydrogen (secondary N) is 1. The highest BCUT2D eigenvalue weighted by molar-refractivity contribution is 6.34. The maximum absolute atomic E-state index is 13.2. The lowest BCUT2D eigenvalue weighted by Gasteiger charge is -2.14. The summed E-state index contributed by atoms with van der Waals surface area (Å²) in [6.07, 6.45) is 5.70. The minimum Gasteiger partial charge on any atom is -0.290 e. The van der Waals surface area contributed by atoms with Crippen LogP contribution in [0, 0.1) is 5.82 Å². The minimum atomic E-state index is -0.308. The molecule has 2 aromatic heterocycles. The number of aromatic nitrogens is 3. The molecule has 1 aliphatic carbocycles. The second-order valence-electron chi connectivity index (χ2n) is 5.92. The molecule has 118 valence electrons. The second kappa shape index (κ2) is 5.49. The third-order valence-corrected chi connectivity index (χ3v) is 4.80. The van der Waals surface area contributed by atoms with E-state index in [0.29, 0.717) is 16.2 Å². The van der Waals surface area contributed by atoms with Crippen LogP contribution in [0.3, 0.4) is 0 Å². The Morgan fingerprint density at radius 3 is 2.61 bits per heavy atom. The second-order valence-corrected chi connectivity index (χ2v) is 6.33. The summed E-state index contributed by atoms with van der Waals surface area (Å²) >= 11 is 6.38. The lowest BCUT2D eigenvalue weighted by molar-refractivity contribution is 0.518. The van der Waals surface area contributed by atoms with E-state index in [-0.39, 0.29) is 17.5 Å². The van der Waals surface area contributed by atoms with Crippen LogP contribution in [0.1, 0.15) is 31.7 Å². The number of H-pyrrole nitrogens is 1. The molecule has 0 aliphatic heterocycles. The van der Waals surface area contributed by atoms with Crippen LogP contribution in [-0.2, 0) is 0 Å². The average Bonchev–Trinajstić information content (AvgIpc) is 3.15. The van der Waals surface area contributed by atoms with E-state index in [1.807, 2.05) is 0 Å². The number of hydrogen-bond donors (Lipinski definition) is 1. The molecule has 0 atom stereocenters. The van der Waals surface area contributed by atoms with E-state index in [4.69, 9.17) is 11.6 Å². The van der Waals surface area contributed by atoms with Crippen molar-refractivity contribution in [2.45, 2.75) is 31.7 Å². The molecule has 23 heavy (non-hydrogen) atoms. The van der Waals surface area contributed by atoms with Gasteiger partial charge in [-0.3, -0.25) is 9.55 Å². The Kier molecular flexibility index (Phi) is 3.45. The molecule has 4 rings (SSSR count). The molecule has 0 bridgehead atoms. The van der Waals surface area contributed by atoms with Crippen molar-refractivity contribution in [1.29, 1.82) is 0 Å². The van der Waals surface area contributed by atoms with E-state index in [1.165, 1.54) is 18.3 Å². The number of imidazole rings is 1. The van der Waals surface area contributed by atoms with Gasteiger partial charge in [-0.05, 0) is 30.5 Å². The molecule has 0 unspecified atom stereocenters. The van der Waals surface area contributed by atoms with Crippen molar-refractivity contribution in [2.24, 2.45) is 0 Å². The molecule has 0 saturated heterocycles. The quantitative estimate of drug-likeness (QED) is 0.761. The molecule has 1 saturated carbocycles. The molecule has 0 amide bonds. The maximum atomic E-state index is 13.2. The molecule has 4 nitrogen and oxygen atoms in total. The van der Waals surface area contributed by atoms with Crippen LogP contribution >= 0.6 is 11.6 Å². The predicted molar refractivity (Wildman–Crippen MR) is 88.3 cm³/mol. The molecule has 3 aromatic rings. The molecular formula is C17H15ClFN3O. The van der Waals surface area contributed by atoms with Gasteiger partial charge in [0.1, 0.15) is 5.82 Å². The van der Waals surface area contributed by atoms with Gasteiger partial charge in [0.05, 0.1) is 10.5 Å². The molecule has 1 aromatic carbocycles. The summed E-state index contributed by atoms with van der Waals surface area (Å²) < 4.78 is 15.0. The fourth-order valence-corrected chi connectivity index (χ4v) is 3.72. The zero-order valence-electron chi connectivity index (χ0n) is 12.4. The van der Waals surface area contributed by atoms with Crippen molar-refractivity contribution in [3.63, 3.8) is 0 Å². The Morgan fingerprint density at radius 2 is 1.91 bits per heavy atom. The van der Waals surface area contributed by atoms with Crippen LogP contribution in [0.4, 0.5) is 4.39 Å². The zero-order valence-corrected chi connectivity index (χ0v) is 13.1. The summed E-state index contributed by atoms with van der Waals surface area (Å²) in [7, 11) is 0. The van der Waals surface area contributed by atoms with Gasteiger partial charge in [-0.25, -0.2) is 14.2 Å². The topological polar surface area (TPSA) is 50.7 Å². The molecule has 6 heteroatoms. The number of aromatic amines is 1. The SMILES string of the molecule is O=c1[nH]c2ncc(Cl)c(-c3ccc(F)cc3)c2n1C1CCCC1. The number of nitrogens with zero attached hydrogens (tertiary/aromatic N) is 2. The summed E-state index contributed by atoms with van der Waals surface area (Å²) in [6, 6.07) is 6.29. The fourth-order valence-electron chi connectivity index (χ4n) is 3.47. The van der Waals surface area contributed by atoms with Gasteiger partial charge >= 0.3 is 5.69 Å². The molecule has 2 heterocycles. The van der Waals surface area contributed by atoms with E-state index in [1.54, 1.807) is 16.7 Å². The van der Waals surface area contributed by atoms with Crippen molar-refractivity contribution < 1.29 is 4.39 Å². The molecule has 1 fully saturated rings. The first-order valence-corrected chi connectivity index (χ1v) is 8.07. The predicted octanol–water partition coefficient (Wildman–Crippen LogP) is 4.30. The molecule has 0 radical (unpaired) electrons. The van der Waals surface area contributed by atoms with Gasteiger partial charge in [0, 0.05) is 17.8 Å². The largest absolute Gasteiger partial charge is 0.327 e. The van der Waals surface area contributed by atoms with Gasteiger partial charge in [0.25, 0.3) is 0 Å². The molecule has 0 spiro atoms. The van der Waals surface area contributed by atoms with E-state index < -0.39 is 0 Å². The highest BCUT2D eigenvalue weighted by Crippen LogP contribution is 2.37. The van der Waals surface area contributed by atoms with Gasteiger partial charge in [-0.15, -0.1) is 0 Å². The Bertz CT molecular complexity index is 923. The van der Waals surface area contributed by atoms with Crippen molar-refractivity contribution in [1.82, 2.24) is 14.5 Å². The molecule has 1 N–H and O–H groups in total. The monoisotopic (exact) mass is 331 g/mol. The smallest absolute Gasteiger partial charge is 0.290 e. The third kappa shape index (κ3) is 2.36. The first-order chi connectivity index (χ1) is 11.1. The highest BCUT2D eigenvalue weighted by Gasteiger charge is 2.24. The van der Waals surface area contributed by atoms with Crippen LogP contribution < -0.4 is 5.69 Å². The van der Waals surface area contributed by atoms with Crippen LogP contribution in [0.5, 0.6) is 0 Å². The van der Waals surface area contributed by atoms with E-state index in [2.05, 4.69) is 9.97 Å². The lowest BCUT2D eigenvalue weighted by Crippen LogP contribution is -2.20. The van der Waals surface area contributed by atoms with Crippen LogP contribution in [-0.4, -0.2) is 14.5 Å². The summed E-state index contributed by atoms with van der Waals surface area (Å²) in [5, 5.41) is 0.454. The van der Waals surface area contributed by atoms with Crippen molar-refractivity contribution >= 4 is 22.8 Å². The van der Waals surface area contributed by atoms with Crippen molar-refractivity contribution in [2.75, 3.05) is 0 Å². The van der Waals surface area contributed by atoms with Gasteiger partial charge in [-0.1, -0.05) is 36.6 Å². The van der Waals surface area contributed by atoms with Gasteiger partial charge in [0.2, 0.25) is 0 Å². The van der Waals surface area contributed by atoms with Crippen molar-refractivity contribution in [3.05, 3.63) is 51.8 Å².